The van der Waals surface area contributed by atoms with E-state index in [4.69, 9.17) is 4.74 Å². The molecular formula is C25H28FN3O3. The highest BCUT2D eigenvalue weighted by Gasteiger charge is 2.42. The average Bonchev–Trinajstić information content (AvgIpc) is 3.05. The number of hydrogen-bond donors (Lipinski definition) is 0. The monoisotopic (exact) mass is 437 g/mol. The first-order chi connectivity index (χ1) is 15.5. The van der Waals surface area contributed by atoms with Crippen LogP contribution < -0.4 is 4.74 Å². The second kappa shape index (κ2) is 9.53. The molecule has 0 radical (unpaired) electrons. The van der Waals surface area contributed by atoms with Crippen molar-refractivity contribution in [3.05, 3.63) is 71.2 Å². The summed E-state index contributed by atoms with van der Waals surface area (Å²) < 4.78 is 19.9. The Balaban J connectivity index is 1.69. The Labute approximate surface area is 187 Å². The molecule has 2 amide bonds. The van der Waals surface area contributed by atoms with E-state index in [0.717, 1.165) is 30.2 Å². The van der Waals surface area contributed by atoms with Gasteiger partial charge in [0.1, 0.15) is 17.3 Å². The second-order valence-corrected chi connectivity index (χ2v) is 8.17. The lowest BCUT2D eigenvalue weighted by molar-refractivity contribution is -0.138. The summed E-state index contributed by atoms with van der Waals surface area (Å²) in [7, 11) is 2.04. The highest BCUT2D eigenvalue weighted by Crippen LogP contribution is 2.34. The molecule has 32 heavy (non-hydrogen) atoms. The van der Waals surface area contributed by atoms with E-state index in [0.29, 0.717) is 42.1 Å². The molecule has 1 fully saturated rings. The molecule has 2 aliphatic rings. The van der Waals surface area contributed by atoms with E-state index in [1.807, 2.05) is 43.1 Å². The van der Waals surface area contributed by atoms with Crippen molar-refractivity contribution in [3.8, 4) is 5.75 Å². The lowest BCUT2D eigenvalue weighted by Gasteiger charge is -2.34. The zero-order valence-electron chi connectivity index (χ0n) is 18.5. The van der Waals surface area contributed by atoms with Crippen LogP contribution in [-0.2, 0) is 16.1 Å². The number of ether oxygens (including phenoxy) is 1. The summed E-state index contributed by atoms with van der Waals surface area (Å²) in [6.07, 6.45) is 0.901. The second-order valence-electron chi connectivity index (χ2n) is 8.17. The quantitative estimate of drug-likeness (QED) is 0.623. The van der Waals surface area contributed by atoms with Gasteiger partial charge < -0.3 is 14.5 Å². The highest BCUT2D eigenvalue weighted by molar-refractivity contribution is 6.35. The van der Waals surface area contributed by atoms with Crippen LogP contribution in [0, 0.1) is 5.82 Å². The molecule has 2 aliphatic heterocycles. The molecule has 0 atom stereocenters. The van der Waals surface area contributed by atoms with Crippen LogP contribution in [0.2, 0.25) is 0 Å². The molecule has 7 heteroatoms. The largest absolute Gasteiger partial charge is 0.494 e. The fourth-order valence-corrected chi connectivity index (χ4v) is 4.03. The minimum absolute atomic E-state index is 0.0945. The van der Waals surface area contributed by atoms with Crippen molar-refractivity contribution in [1.82, 2.24) is 14.7 Å². The number of amides is 2. The summed E-state index contributed by atoms with van der Waals surface area (Å²) in [6.45, 7) is 5.46. The van der Waals surface area contributed by atoms with Gasteiger partial charge in [0.15, 0.2) is 0 Å². The van der Waals surface area contributed by atoms with Crippen molar-refractivity contribution in [2.24, 2.45) is 0 Å². The molecule has 0 N–H and O–H groups in total. The predicted molar refractivity (Wildman–Crippen MR) is 120 cm³/mol. The molecule has 1 saturated heterocycles. The standard InChI is InChI=1S/C25H28FN3O3/c1-3-16-32-20-10-8-18(9-11-20)22-23(28-14-12-27(2)13-15-28)25(31)29(24(22)30)17-19-6-4-5-7-21(19)26/h4-11H,3,12-17H2,1-2H3. The van der Waals surface area contributed by atoms with Crippen LogP contribution in [0.5, 0.6) is 5.75 Å². The van der Waals surface area contributed by atoms with Crippen molar-refractivity contribution in [3.63, 3.8) is 0 Å². The van der Waals surface area contributed by atoms with Crippen molar-refractivity contribution < 1.29 is 18.7 Å². The fourth-order valence-electron chi connectivity index (χ4n) is 4.03. The molecule has 2 aromatic rings. The number of piperazine rings is 1. The van der Waals surface area contributed by atoms with E-state index in [1.165, 1.54) is 6.07 Å². The third-order valence-electron chi connectivity index (χ3n) is 5.87. The minimum atomic E-state index is -0.430. The van der Waals surface area contributed by atoms with E-state index in [2.05, 4.69) is 4.90 Å². The topological polar surface area (TPSA) is 53.1 Å². The lowest BCUT2D eigenvalue weighted by Crippen LogP contribution is -2.46. The van der Waals surface area contributed by atoms with Crippen molar-refractivity contribution in [2.45, 2.75) is 19.9 Å². The highest BCUT2D eigenvalue weighted by atomic mass is 19.1. The number of nitrogens with zero attached hydrogens (tertiary/aromatic N) is 3. The number of halogens is 1. The Morgan fingerprint density at radius 2 is 1.62 bits per heavy atom. The molecule has 0 bridgehead atoms. The van der Waals surface area contributed by atoms with Crippen LogP contribution >= 0.6 is 0 Å². The van der Waals surface area contributed by atoms with Gasteiger partial charge in [-0.25, -0.2) is 4.39 Å². The van der Waals surface area contributed by atoms with E-state index in [9.17, 15) is 14.0 Å². The molecule has 2 aromatic carbocycles. The summed E-state index contributed by atoms with van der Waals surface area (Å²) >= 11 is 0. The number of imide groups is 1. The molecule has 4 rings (SSSR count). The van der Waals surface area contributed by atoms with Gasteiger partial charge in [0, 0.05) is 31.7 Å². The minimum Gasteiger partial charge on any atom is -0.494 e. The summed E-state index contributed by atoms with van der Waals surface area (Å²) in [5, 5.41) is 0. The van der Waals surface area contributed by atoms with Gasteiger partial charge in [-0.15, -0.1) is 0 Å². The van der Waals surface area contributed by atoms with E-state index < -0.39 is 11.7 Å². The maximum atomic E-state index is 14.3. The molecule has 0 unspecified atom stereocenters. The molecule has 0 aliphatic carbocycles. The number of benzene rings is 2. The van der Waals surface area contributed by atoms with Gasteiger partial charge >= 0.3 is 0 Å². The Morgan fingerprint density at radius 3 is 2.28 bits per heavy atom. The number of rotatable bonds is 7. The smallest absolute Gasteiger partial charge is 0.278 e. The van der Waals surface area contributed by atoms with Gasteiger partial charge in [-0.1, -0.05) is 37.3 Å². The Hall–Kier alpha value is -3.19. The van der Waals surface area contributed by atoms with Gasteiger partial charge in [-0.2, -0.15) is 0 Å². The van der Waals surface area contributed by atoms with E-state index in [1.54, 1.807) is 18.2 Å². The zero-order chi connectivity index (χ0) is 22.7. The average molecular weight is 438 g/mol. The third kappa shape index (κ3) is 4.39. The van der Waals surface area contributed by atoms with E-state index >= 15 is 0 Å². The summed E-state index contributed by atoms with van der Waals surface area (Å²) in [5.41, 5.74) is 1.76. The first kappa shape index (κ1) is 22.0. The Kier molecular flexibility index (Phi) is 6.55. The number of carbonyl (C=O) groups excluding carboxylic acids is 2. The van der Waals surface area contributed by atoms with Crippen LogP contribution in [0.4, 0.5) is 4.39 Å². The number of likely N-dealkylation sites (N-methyl/N-ethyl adjacent to an activating group) is 1. The number of hydrogen-bond acceptors (Lipinski definition) is 5. The fraction of sp³-hybridized carbons (Fsp3) is 0.360. The van der Waals surface area contributed by atoms with Crippen molar-refractivity contribution >= 4 is 17.4 Å². The van der Waals surface area contributed by atoms with Crippen LogP contribution in [0.25, 0.3) is 5.57 Å². The van der Waals surface area contributed by atoms with Crippen molar-refractivity contribution in [1.29, 1.82) is 0 Å². The van der Waals surface area contributed by atoms with Crippen LogP contribution in [0.3, 0.4) is 0 Å². The Morgan fingerprint density at radius 1 is 0.938 bits per heavy atom. The van der Waals surface area contributed by atoms with Crippen molar-refractivity contribution in [2.75, 3.05) is 39.8 Å². The van der Waals surface area contributed by atoms with Gasteiger partial charge in [0.25, 0.3) is 11.8 Å². The maximum absolute atomic E-state index is 14.3. The first-order valence-electron chi connectivity index (χ1n) is 11.0. The first-order valence-corrected chi connectivity index (χ1v) is 11.0. The SMILES string of the molecule is CCCOc1ccc(C2=C(N3CCN(C)CC3)C(=O)N(Cc3ccccc3F)C2=O)cc1. The lowest BCUT2D eigenvalue weighted by atomic mass is 10.0. The molecule has 0 spiro atoms. The molecule has 0 aromatic heterocycles. The molecular weight excluding hydrogens is 409 g/mol. The van der Waals surface area contributed by atoms with Crippen LogP contribution in [-0.4, -0.2) is 66.3 Å². The van der Waals surface area contributed by atoms with Crippen LogP contribution in [0.15, 0.2) is 54.2 Å². The summed E-state index contributed by atoms with van der Waals surface area (Å²) in [5.74, 6) is -0.476. The third-order valence-corrected chi connectivity index (χ3v) is 5.87. The van der Waals surface area contributed by atoms with Gasteiger partial charge in [0.05, 0.1) is 18.7 Å². The van der Waals surface area contributed by atoms with Gasteiger partial charge in [-0.05, 0) is 37.2 Å². The normalized spacial score (nSPS) is 17.5. The van der Waals surface area contributed by atoms with Crippen LogP contribution in [0.1, 0.15) is 24.5 Å². The molecule has 0 saturated carbocycles. The van der Waals surface area contributed by atoms with Gasteiger partial charge in [0.2, 0.25) is 0 Å². The molecule has 6 nitrogen and oxygen atoms in total. The predicted octanol–water partition coefficient (Wildman–Crippen LogP) is 3.14. The summed E-state index contributed by atoms with van der Waals surface area (Å²) in [4.78, 5) is 32.2. The zero-order valence-corrected chi connectivity index (χ0v) is 18.5. The summed E-state index contributed by atoms with van der Waals surface area (Å²) in [6, 6.07) is 13.5. The number of carbonyl (C=O) groups is 2. The Bertz CT molecular complexity index is 1030. The molecule has 168 valence electrons. The van der Waals surface area contributed by atoms with E-state index in [-0.39, 0.29) is 12.5 Å². The van der Waals surface area contributed by atoms with Gasteiger partial charge in [-0.3, -0.25) is 14.5 Å². The maximum Gasteiger partial charge on any atom is 0.278 e. The molecule has 2 heterocycles.